The maximum atomic E-state index is 6.02. The van der Waals surface area contributed by atoms with Gasteiger partial charge in [-0.25, -0.2) is 4.98 Å². The number of pyridine rings is 1. The predicted octanol–water partition coefficient (Wildman–Crippen LogP) is 4.87. The van der Waals surface area contributed by atoms with E-state index in [4.69, 9.17) is 27.9 Å². The summed E-state index contributed by atoms with van der Waals surface area (Å²) in [5.41, 5.74) is 1.93. The lowest BCUT2D eigenvalue weighted by Crippen LogP contribution is -1.96. The van der Waals surface area contributed by atoms with E-state index in [-0.39, 0.29) is 0 Å². The average molecular weight is 347 g/mol. The first-order valence-corrected chi connectivity index (χ1v) is 6.82. The van der Waals surface area contributed by atoms with Crippen molar-refractivity contribution in [3.63, 3.8) is 0 Å². The number of halogens is 3. The van der Waals surface area contributed by atoms with Crippen LogP contribution in [0.15, 0.2) is 41.0 Å². The minimum Gasteiger partial charge on any atom is -0.372 e. The van der Waals surface area contributed by atoms with Gasteiger partial charge in [0.2, 0.25) is 0 Å². The largest absolute Gasteiger partial charge is 0.372 e. The van der Waals surface area contributed by atoms with Crippen LogP contribution in [0.3, 0.4) is 0 Å². The standard InChI is InChI=1S/C13H10BrCl2NO/c14-11-3-1-2-9(4-11)7-18-8-10-6-17-13(16)5-12(10)15/h1-6H,7-8H2. The SMILES string of the molecule is Clc1cc(Cl)c(COCc2cccc(Br)c2)cn1. The molecule has 0 atom stereocenters. The molecule has 2 aromatic rings. The summed E-state index contributed by atoms with van der Waals surface area (Å²) >= 11 is 15.2. The third-order valence-corrected chi connectivity index (χ3v) is 3.36. The van der Waals surface area contributed by atoms with E-state index < -0.39 is 0 Å². The first-order chi connectivity index (χ1) is 8.65. The molecule has 0 N–H and O–H groups in total. The highest BCUT2D eigenvalue weighted by molar-refractivity contribution is 9.10. The first kappa shape index (κ1) is 13.8. The van der Waals surface area contributed by atoms with Crippen molar-refractivity contribution in [3.8, 4) is 0 Å². The molecule has 1 aromatic heterocycles. The van der Waals surface area contributed by atoms with Gasteiger partial charge in [0.1, 0.15) is 5.15 Å². The number of benzene rings is 1. The van der Waals surface area contributed by atoms with Crippen LogP contribution in [0, 0.1) is 0 Å². The number of hydrogen-bond donors (Lipinski definition) is 0. The molecule has 2 nitrogen and oxygen atoms in total. The van der Waals surface area contributed by atoms with E-state index >= 15 is 0 Å². The third-order valence-electron chi connectivity index (χ3n) is 2.31. The fourth-order valence-electron chi connectivity index (χ4n) is 1.45. The monoisotopic (exact) mass is 345 g/mol. The zero-order chi connectivity index (χ0) is 13.0. The molecule has 1 aromatic carbocycles. The Bertz CT molecular complexity index is 548. The summed E-state index contributed by atoms with van der Waals surface area (Å²) < 4.78 is 6.63. The summed E-state index contributed by atoms with van der Waals surface area (Å²) in [6.45, 7) is 0.938. The topological polar surface area (TPSA) is 22.1 Å². The molecule has 0 spiro atoms. The molecule has 0 amide bonds. The molecular formula is C13H10BrCl2NO. The van der Waals surface area contributed by atoms with Gasteiger partial charge in [-0.3, -0.25) is 0 Å². The van der Waals surface area contributed by atoms with Crippen LogP contribution < -0.4 is 0 Å². The van der Waals surface area contributed by atoms with Crippen molar-refractivity contribution >= 4 is 39.1 Å². The molecule has 18 heavy (non-hydrogen) atoms. The van der Waals surface area contributed by atoms with Gasteiger partial charge in [-0.15, -0.1) is 0 Å². The second-order valence-electron chi connectivity index (χ2n) is 3.72. The highest BCUT2D eigenvalue weighted by atomic mass is 79.9. The van der Waals surface area contributed by atoms with E-state index in [1.54, 1.807) is 12.3 Å². The Kier molecular flexibility index (Phi) is 5.01. The fourth-order valence-corrected chi connectivity index (χ4v) is 2.31. The van der Waals surface area contributed by atoms with Crippen molar-refractivity contribution < 1.29 is 4.74 Å². The van der Waals surface area contributed by atoms with E-state index in [9.17, 15) is 0 Å². The highest BCUT2D eigenvalue weighted by Crippen LogP contribution is 2.20. The van der Waals surface area contributed by atoms with Gasteiger partial charge in [-0.05, 0) is 23.8 Å². The van der Waals surface area contributed by atoms with Crippen LogP contribution in [0.4, 0.5) is 0 Å². The van der Waals surface area contributed by atoms with Crippen LogP contribution in [0.2, 0.25) is 10.2 Å². The quantitative estimate of drug-likeness (QED) is 0.737. The predicted molar refractivity (Wildman–Crippen MR) is 76.9 cm³/mol. The van der Waals surface area contributed by atoms with Gasteiger partial charge in [0, 0.05) is 16.2 Å². The Morgan fingerprint density at radius 1 is 1.17 bits per heavy atom. The van der Waals surface area contributed by atoms with Crippen LogP contribution in [-0.2, 0) is 18.0 Å². The molecule has 0 fully saturated rings. The van der Waals surface area contributed by atoms with Gasteiger partial charge >= 0.3 is 0 Å². The molecule has 0 aliphatic heterocycles. The minimum absolute atomic E-state index is 0.385. The van der Waals surface area contributed by atoms with Gasteiger partial charge in [-0.1, -0.05) is 51.3 Å². The minimum atomic E-state index is 0.385. The maximum Gasteiger partial charge on any atom is 0.130 e. The van der Waals surface area contributed by atoms with Crippen LogP contribution in [0.5, 0.6) is 0 Å². The Hall–Kier alpha value is -0.610. The molecule has 0 bridgehead atoms. The zero-order valence-corrected chi connectivity index (χ0v) is 12.5. The highest BCUT2D eigenvalue weighted by Gasteiger charge is 2.03. The molecule has 5 heteroatoms. The van der Waals surface area contributed by atoms with Crippen molar-refractivity contribution in [3.05, 3.63) is 62.3 Å². The van der Waals surface area contributed by atoms with Crippen LogP contribution >= 0.6 is 39.1 Å². The van der Waals surface area contributed by atoms with E-state index in [2.05, 4.69) is 20.9 Å². The number of rotatable bonds is 4. The summed E-state index contributed by atoms with van der Waals surface area (Å²) in [5.74, 6) is 0. The summed E-state index contributed by atoms with van der Waals surface area (Å²) in [5, 5.41) is 0.958. The molecule has 0 radical (unpaired) electrons. The van der Waals surface area contributed by atoms with Gasteiger partial charge in [-0.2, -0.15) is 0 Å². The van der Waals surface area contributed by atoms with Crippen molar-refractivity contribution in [2.24, 2.45) is 0 Å². The van der Waals surface area contributed by atoms with Crippen LogP contribution in [0.1, 0.15) is 11.1 Å². The Balaban J connectivity index is 1.92. The van der Waals surface area contributed by atoms with Crippen molar-refractivity contribution in [1.82, 2.24) is 4.98 Å². The number of hydrogen-bond acceptors (Lipinski definition) is 2. The van der Waals surface area contributed by atoms with Gasteiger partial charge in [0.25, 0.3) is 0 Å². The number of aromatic nitrogens is 1. The fraction of sp³-hybridized carbons (Fsp3) is 0.154. The molecule has 0 aliphatic carbocycles. The van der Waals surface area contributed by atoms with Gasteiger partial charge in [0.05, 0.1) is 18.2 Å². The zero-order valence-electron chi connectivity index (χ0n) is 9.37. The second-order valence-corrected chi connectivity index (χ2v) is 5.43. The van der Waals surface area contributed by atoms with Crippen molar-refractivity contribution in [2.45, 2.75) is 13.2 Å². The van der Waals surface area contributed by atoms with Crippen LogP contribution in [-0.4, -0.2) is 4.98 Å². The summed E-state index contributed by atoms with van der Waals surface area (Å²) in [7, 11) is 0. The average Bonchev–Trinajstić information content (AvgIpc) is 2.32. The molecule has 0 aliphatic rings. The van der Waals surface area contributed by atoms with E-state index in [0.29, 0.717) is 23.4 Å². The molecule has 2 rings (SSSR count). The van der Waals surface area contributed by atoms with E-state index in [0.717, 1.165) is 15.6 Å². The van der Waals surface area contributed by atoms with Gasteiger partial charge in [0.15, 0.2) is 0 Å². The van der Waals surface area contributed by atoms with Gasteiger partial charge < -0.3 is 4.74 Å². The lowest BCUT2D eigenvalue weighted by atomic mass is 10.2. The van der Waals surface area contributed by atoms with E-state index in [1.807, 2.05) is 24.3 Å². The normalized spacial score (nSPS) is 10.6. The Labute approximate surface area is 124 Å². The lowest BCUT2D eigenvalue weighted by Gasteiger charge is -2.06. The molecular weight excluding hydrogens is 337 g/mol. The number of ether oxygens (including phenoxy) is 1. The number of nitrogens with zero attached hydrogens (tertiary/aromatic N) is 1. The molecule has 1 heterocycles. The summed E-state index contributed by atoms with van der Waals surface area (Å²) in [6.07, 6.45) is 1.63. The molecule has 0 saturated heterocycles. The van der Waals surface area contributed by atoms with Crippen molar-refractivity contribution in [2.75, 3.05) is 0 Å². The molecule has 0 saturated carbocycles. The second kappa shape index (κ2) is 6.53. The molecule has 0 unspecified atom stereocenters. The Morgan fingerprint density at radius 3 is 2.72 bits per heavy atom. The lowest BCUT2D eigenvalue weighted by molar-refractivity contribution is 0.107. The third kappa shape index (κ3) is 3.95. The molecule has 94 valence electrons. The first-order valence-electron chi connectivity index (χ1n) is 5.27. The summed E-state index contributed by atoms with van der Waals surface area (Å²) in [6, 6.07) is 9.58. The summed E-state index contributed by atoms with van der Waals surface area (Å²) in [4.78, 5) is 3.97. The maximum absolute atomic E-state index is 6.02. The van der Waals surface area contributed by atoms with Crippen molar-refractivity contribution in [1.29, 1.82) is 0 Å². The smallest absolute Gasteiger partial charge is 0.130 e. The van der Waals surface area contributed by atoms with Crippen LogP contribution in [0.25, 0.3) is 0 Å². The van der Waals surface area contributed by atoms with E-state index in [1.165, 1.54) is 0 Å². The Morgan fingerprint density at radius 2 is 2.00 bits per heavy atom.